The maximum absolute atomic E-state index is 13.3. The van der Waals surface area contributed by atoms with Crippen molar-refractivity contribution < 1.29 is 18.0 Å². The maximum Gasteiger partial charge on any atom is 0.416 e. The molecule has 1 atom stereocenters. The van der Waals surface area contributed by atoms with Gasteiger partial charge in [0, 0.05) is 23.5 Å². The summed E-state index contributed by atoms with van der Waals surface area (Å²) < 4.78 is 39.0. The van der Waals surface area contributed by atoms with Gasteiger partial charge in [-0.3, -0.25) is 4.79 Å². The van der Waals surface area contributed by atoms with Crippen LogP contribution in [0.5, 0.6) is 0 Å². The van der Waals surface area contributed by atoms with Crippen molar-refractivity contribution in [2.45, 2.75) is 32.0 Å². The van der Waals surface area contributed by atoms with E-state index in [1.165, 1.54) is 17.7 Å². The molecule has 1 aromatic heterocycles. The molecule has 36 heavy (non-hydrogen) atoms. The van der Waals surface area contributed by atoms with Crippen LogP contribution in [-0.2, 0) is 19.0 Å². The van der Waals surface area contributed by atoms with Crippen molar-refractivity contribution in [1.29, 1.82) is 0 Å². The third-order valence-electron chi connectivity index (χ3n) is 6.43. The zero-order chi connectivity index (χ0) is 25.3. The fourth-order valence-corrected chi connectivity index (χ4v) is 4.72. The van der Waals surface area contributed by atoms with Crippen molar-refractivity contribution in [2.75, 3.05) is 10.6 Å². The Labute approximate surface area is 207 Å². The summed E-state index contributed by atoms with van der Waals surface area (Å²) in [5.41, 5.74) is 4.73. The first-order chi connectivity index (χ1) is 17.3. The van der Waals surface area contributed by atoms with Gasteiger partial charge in [0.15, 0.2) is 0 Å². The molecule has 182 valence electrons. The number of carbonyl (C=O) groups is 1. The van der Waals surface area contributed by atoms with E-state index in [1.54, 1.807) is 18.3 Å². The van der Waals surface area contributed by atoms with Gasteiger partial charge in [-0.1, -0.05) is 36.4 Å². The molecule has 1 unspecified atom stereocenters. The fraction of sp³-hybridized carbons (Fsp3) is 0.172. The Morgan fingerprint density at radius 2 is 1.69 bits per heavy atom. The van der Waals surface area contributed by atoms with Crippen LogP contribution in [0.25, 0.3) is 11.1 Å². The number of amides is 1. The van der Waals surface area contributed by atoms with Crippen molar-refractivity contribution in [1.82, 2.24) is 4.98 Å². The molecule has 1 amide bonds. The molecule has 4 nitrogen and oxygen atoms in total. The molecule has 0 saturated carbocycles. The lowest BCUT2D eigenvalue weighted by Gasteiger charge is -2.15. The molecule has 0 spiro atoms. The number of fused-ring (bicyclic) bond motifs is 1. The summed E-state index contributed by atoms with van der Waals surface area (Å²) in [7, 11) is 0. The Hall–Kier alpha value is -4.13. The molecule has 1 aliphatic rings. The molecule has 0 fully saturated rings. The number of benzene rings is 3. The molecular formula is C29H24F3N3O. The maximum atomic E-state index is 13.3. The van der Waals surface area contributed by atoms with Crippen LogP contribution in [0, 0.1) is 6.92 Å². The molecule has 0 radical (unpaired) electrons. The van der Waals surface area contributed by atoms with Gasteiger partial charge >= 0.3 is 6.18 Å². The average molecular weight is 488 g/mol. The van der Waals surface area contributed by atoms with E-state index in [4.69, 9.17) is 0 Å². The van der Waals surface area contributed by atoms with E-state index in [0.717, 1.165) is 41.9 Å². The highest BCUT2D eigenvalue weighted by molar-refractivity contribution is 6.09. The number of hydrogen-bond acceptors (Lipinski definition) is 3. The van der Waals surface area contributed by atoms with Gasteiger partial charge in [-0.2, -0.15) is 13.2 Å². The minimum absolute atomic E-state index is 0.226. The predicted octanol–water partition coefficient (Wildman–Crippen LogP) is 6.91. The molecule has 0 aliphatic heterocycles. The van der Waals surface area contributed by atoms with E-state index >= 15 is 0 Å². The summed E-state index contributed by atoms with van der Waals surface area (Å²) in [6, 6.07) is 22.1. The molecular weight excluding hydrogens is 463 g/mol. The van der Waals surface area contributed by atoms with Crippen LogP contribution in [0.4, 0.5) is 24.7 Å². The SMILES string of the molecule is Cc1cccc(C(=O)Nc2ccc3c(c2)CC(Nc2ccccn2)C3)c1-c1ccc(C(F)(F)F)cc1. The number of anilines is 2. The Balaban J connectivity index is 1.35. The van der Waals surface area contributed by atoms with Crippen molar-refractivity contribution >= 4 is 17.4 Å². The highest BCUT2D eigenvalue weighted by Crippen LogP contribution is 2.34. The number of aromatic nitrogens is 1. The number of carbonyl (C=O) groups excluding carboxylic acids is 1. The van der Waals surface area contributed by atoms with Gasteiger partial charge < -0.3 is 10.6 Å². The molecule has 1 heterocycles. The first-order valence-corrected chi connectivity index (χ1v) is 11.7. The number of pyridine rings is 1. The summed E-state index contributed by atoms with van der Waals surface area (Å²) >= 11 is 0. The molecule has 7 heteroatoms. The monoisotopic (exact) mass is 487 g/mol. The van der Waals surface area contributed by atoms with Gasteiger partial charge in [-0.25, -0.2) is 4.98 Å². The van der Waals surface area contributed by atoms with Crippen LogP contribution >= 0.6 is 0 Å². The van der Waals surface area contributed by atoms with Crippen molar-refractivity contribution in [2.24, 2.45) is 0 Å². The number of nitrogens with zero attached hydrogens (tertiary/aromatic N) is 1. The average Bonchev–Trinajstić information content (AvgIpc) is 3.25. The lowest BCUT2D eigenvalue weighted by atomic mass is 9.93. The molecule has 3 aromatic carbocycles. The van der Waals surface area contributed by atoms with Crippen LogP contribution in [0.2, 0.25) is 0 Å². The highest BCUT2D eigenvalue weighted by atomic mass is 19.4. The Morgan fingerprint density at radius 3 is 2.42 bits per heavy atom. The lowest BCUT2D eigenvalue weighted by Crippen LogP contribution is -2.19. The highest BCUT2D eigenvalue weighted by Gasteiger charge is 2.30. The second-order valence-corrected chi connectivity index (χ2v) is 8.97. The minimum atomic E-state index is -4.41. The molecule has 1 aliphatic carbocycles. The van der Waals surface area contributed by atoms with Crippen molar-refractivity contribution in [3.8, 4) is 11.1 Å². The van der Waals surface area contributed by atoms with Crippen LogP contribution in [0.3, 0.4) is 0 Å². The fourth-order valence-electron chi connectivity index (χ4n) is 4.72. The number of halogens is 3. The van der Waals surface area contributed by atoms with Crippen LogP contribution in [0.15, 0.2) is 85.1 Å². The van der Waals surface area contributed by atoms with Crippen LogP contribution in [-0.4, -0.2) is 16.9 Å². The minimum Gasteiger partial charge on any atom is -0.367 e. The summed E-state index contributed by atoms with van der Waals surface area (Å²) in [5.74, 6) is 0.522. The molecule has 0 saturated heterocycles. The predicted molar refractivity (Wildman–Crippen MR) is 135 cm³/mol. The molecule has 0 bridgehead atoms. The summed E-state index contributed by atoms with van der Waals surface area (Å²) in [6.45, 7) is 1.84. The van der Waals surface area contributed by atoms with E-state index < -0.39 is 11.7 Å². The number of aryl methyl sites for hydroxylation is 1. The topological polar surface area (TPSA) is 54.0 Å². The second kappa shape index (κ2) is 9.49. The zero-order valence-electron chi connectivity index (χ0n) is 19.6. The number of rotatable bonds is 5. The van der Waals surface area contributed by atoms with E-state index in [2.05, 4.69) is 15.6 Å². The number of hydrogen-bond donors (Lipinski definition) is 2. The molecule has 4 aromatic rings. The third kappa shape index (κ3) is 4.96. The van der Waals surface area contributed by atoms with Crippen LogP contribution in [0.1, 0.15) is 32.6 Å². The van der Waals surface area contributed by atoms with Crippen molar-refractivity contribution in [3.63, 3.8) is 0 Å². The number of alkyl halides is 3. The van der Waals surface area contributed by atoms with E-state index in [9.17, 15) is 18.0 Å². The Bertz CT molecular complexity index is 1400. The third-order valence-corrected chi connectivity index (χ3v) is 6.43. The van der Waals surface area contributed by atoms with E-state index in [1.807, 2.05) is 49.4 Å². The summed E-state index contributed by atoms with van der Waals surface area (Å²) in [5, 5.41) is 6.42. The zero-order valence-corrected chi connectivity index (χ0v) is 19.6. The first kappa shape index (κ1) is 23.6. The van der Waals surface area contributed by atoms with Gasteiger partial charge in [0.05, 0.1) is 5.56 Å². The van der Waals surface area contributed by atoms with E-state index in [0.29, 0.717) is 22.4 Å². The Morgan fingerprint density at radius 1 is 0.917 bits per heavy atom. The smallest absolute Gasteiger partial charge is 0.367 e. The van der Waals surface area contributed by atoms with Gasteiger partial charge in [0.25, 0.3) is 5.91 Å². The van der Waals surface area contributed by atoms with Crippen LogP contribution < -0.4 is 10.6 Å². The van der Waals surface area contributed by atoms with Gasteiger partial charge in [-0.15, -0.1) is 0 Å². The summed E-state index contributed by atoms with van der Waals surface area (Å²) in [6.07, 6.45) is -0.973. The second-order valence-electron chi connectivity index (χ2n) is 8.97. The van der Waals surface area contributed by atoms with Gasteiger partial charge in [0.1, 0.15) is 5.82 Å². The van der Waals surface area contributed by atoms with Gasteiger partial charge in [-0.05, 0) is 90.0 Å². The Kier molecular flexibility index (Phi) is 6.22. The standard InChI is InChI=1S/C29H24F3N3O/c1-18-5-4-6-25(27(18)19-8-11-22(12-9-19)29(30,31)32)28(36)35-23-13-10-20-15-24(17-21(20)16-23)34-26-7-2-3-14-33-26/h2-14,16,24H,15,17H2,1H3,(H,33,34)(H,35,36). The quantitative estimate of drug-likeness (QED) is 0.322. The van der Waals surface area contributed by atoms with E-state index in [-0.39, 0.29) is 11.9 Å². The largest absolute Gasteiger partial charge is 0.416 e. The van der Waals surface area contributed by atoms with Crippen molar-refractivity contribution in [3.05, 3.63) is 113 Å². The lowest BCUT2D eigenvalue weighted by molar-refractivity contribution is -0.137. The normalized spacial score (nSPS) is 14.8. The molecule has 2 N–H and O–H groups in total. The number of nitrogens with one attached hydrogen (secondary N) is 2. The molecule has 5 rings (SSSR count). The first-order valence-electron chi connectivity index (χ1n) is 11.7. The van der Waals surface area contributed by atoms with Gasteiger partial charge in [0.2, 0.25) is 0 Å². The summed E-state index contributed by atoms with van der Waals surface area (Å²) in [4.78, 5) is 17.6.